The van der Waals surface area contributed by atoms with Crippen LogP contribution in [0.5, 0.6) is 5.75 Å². The second-order valence-corrected chi connectivity index (χ2v) is 3.98. The van der Waals surface area contributed by atoms with Crippen LogP contribution < -0.4 is 5.32 Å². The molecule has 5 nitrogen and oxygen atoms in total. The number of nitrogens with zero attached hydrogens (tertiary/aromatic N) is 1. The fraction of sp³-hybridized carbons (Fsp3) is 0.0714. The zero-order valence-corrected chi connectivity index (χ0v) is 10.3. The lowest BCUT2D eigenvalue weighted by Crippen LogP contribution is -2.12. The average molecular weight is 256 g/mol. The summed E-state index contributed by atoms with van der Waals surface area (Å²) in [6.45, 7) is 1.41. The minimum absolute atomic E-state index is 0.148. The van der Waals surface area contributed by atoms with Crippen LogP contribution in [-0.4, -0.2) is 21.8 Å². The average Bonchev–Trinajstić information content (AvgIpc) is 2.41. The Kier molecular flexibility index (Phi) is 3.56. The summed E-state index contributed by atoms with van der Waals surface area (Å²) in [6, 6.07) is 7.61. The normalized spacial score (nSPS) is 9.95. The van der Waals surface area contributed by atoms with Crippen molar-refractivity contribution in [3.8, 4) is 5.75 Å². The fourth-order valence-corrected chi connectivity index (χ4v) is 1.55. The summed E-state index contributed by atoms with van der Waals surface area (Å²) in [5.41, 5.74) is 1.02. The molecule has 0 fully saturated rings. The van der Waals surface area contributed by atoms with E-state index in [2.05, 4.69) is 10.3 Å². The Hall–Kier alpha value is -2.69. The smallest absolute Gasteiger partial charge is 0.257 e. The van der Waals surface area contributed by atoms with Crippen LogP contribution in [0.3, 0.4) is 0 Å². The molecule has 2 N–H and O–H groups in total. The highest BCUT2D eigenvalue weighted by molar-refractivity contribution is 6.05. The molecule has 19 heavy (non-hydrogen) atoms. The van der Waals surface area contributed by atoms with Gasteiger partial charge in [-0.15, -0.1) is 0 Å². The van der Waals surface area contributed by atoms with E-state index >= 15 is 0 Å². The molecule has 1 aromatic carbocycles. The second-order valence-electron chi connectivity index (χ2n) is 3.98. The number of amides is 1. The van der Waals surface area contributed by atoms with Gasteiger partial charge in [-0.05, 0) is 37.3 Å². The SMILES string of the molecule is CC(=O)c1ccc(NC(=O)c2cccnc2)c(O)c1. The Bertz CT molecular complexity index is 624. The Balaban J connectivity index is 2.20. The molecule has 0 saturated heterocycles. The number of aromatic nitrogens is 1. The number of carbonyl (C=O) groups excluding carboxylic acids is 2. The van der Waals surface area contributed by atoms with Crippen LogP contribution in [-0.2, 0) is 0 Å². The molecule has 0 spiro atoms. The molecule has 5 heteroatoms. The topological polar surface area (TPSA) is 79.3 Å². The van der Waals surface area contributed by atoms with E-state index in [4.69, 9.17) is 0 Å². The molecule has 0 saturated carbocycles. The Morgan fingerprint density at radius 1 is 1.21 bits per heavy atom. The molecule has 0 unspecified atom stereocenters. The van der Waals surface area contributed by atoms with Gasteiger partial charge in [0.2, 0.25) is 0 Å². The molecule has 0 aliphatic carbocycles. The van der Waals surface area contributed by atoms with E-state index in [0.29, 0.717) is 11.1 Å². The molecule has 0 aliphatic rings. The highest BCUT2D eigenvalue weighted by atomic mass is 16.3. The summed E-state index contributed by atoms with van der Waals surface area (Å²) in [4.78, 5) is 26.8. The van der Waals surface area contributed by atoms with Crippen molar-refractivity contribution < 1.29 is 14.7 Å². The van der Waals surface area contributed by atoms with Crippen LogP contribution in [0.4, 0.5) is 5.69 Å². The highest BCUT2D eigenvalue weighted by Crippen LogP contribution is 2.24. The van der Waals surface area contributed by atoms with Gasteiger partial charge in [0.15, 0.2) is 5.78 Å². The van der Waals surface area contributed by atoms with Gasteiger partial charge in [-0.3, -0.25) is 14.6 Å². The first-order valence-electron chi connectivity index (χ1n) is 5.63. The van der Waals surface area contributed by atoms with E-state index in [-0.39, 0.29) is 23.1 Å². The number of anilines is 1. The summed E-state index contributed by atoms with van der Waals surface area (Å²) < 4.78 is 0. The molecular formula is C14H12N2O3. The number of phenols is 1. The van der Waals surface area contributed by atoms with Crippen LogP contribution >= 0.6 is 0 Å². The number of phenolic OH excluding ortho intramolecular Hbond substituents is 1. The lowest BCUT2D eigenvalue weighted by atomic mass is 10.1. The van der Waals surface area contributed by atoms with Crippen LogP contribution in [0.1, 0.15) is 27.6 Å². The first kappa shape index (κ1) is 12.8. The lowest BCUT2D eigenvalue weighted by Gasteiger charge is -2.08. The van der Waals surface area contributed by atoms with E-state index in [1.807, 2.05) is 0 Å². The van der Waals surface area contributed by atoms with E-state index in [1.54, 1.807) is 24.4 Å². The van der Waals surface area contributed by atoms with Crippen molar-refractivity contribution in [3.05, 3.63) is 53.9 Å². The monoisotopic (exact) mass is 256 g/mol. The maximum absolute atomic E-state index is 11.9. The number of hydrogen-bond donors (Lipinski definition) is 2. The van der Waals surface area contributed by atoms with Crippen molar-refractivity contribution in [1.29, 1.82) is 0 Å². The number of hydrogen-bond acceptors (Lipinski definition) is 4. The van der Waals surface area contributed by atoms with Gasteiger partial charge in [0.05, 0.1) is 11.3 Å². The Morgan fingerprint density at radius 3 is 2.58 bits per heavy atom. The third-order valence-electron chi connectivity index (χ3n) is 2.58. The summed E-state index contributed by atoms with van der Waals surface area (Å²) in [5.74, 6) is -0.677. The molecule has 0 atom stereocenters. The van der Waals surface area contributed by atoms with Crippen molar-refractivity contribution >= 4 is 17.4 Å². The van der Waals surface area contributed by atoms with Crippen LogP contribution in [0.15, 0.2) is 42.7 Å². The minimum Gasteiger partial charge on any atom is -0.506 e. The molecule has 0 bridgehead atoms. The van der Waals surface area contributed by atoms with Crippen LogP contribution in [0.2, 0.25) is 0 Å². The number of Topliss-reactive ketones (excluding diaryl/α,β-unsaturated/α-hetero) is 1. The predicted octanol–water partition coefficient (Wildman–Crippen LogP) is 2.24. The zero-order valence-electron chi connectivity index (χ0n) is 10.3. The molecule has 2 rings (SSSR count). The van der Waals surface area contributed by atoms with Gasteiger partial charge in [0, 0.05) is 18.0 Å². The van der Waals surface area contributed by atoms with Crippen molar-refractivity contribution in [1.82, 2.24) is 4.98 Å². The van der Waals surface area contributed by atoms with E-state index < -0.39 is 0 Å². The zero-order chi connectivity index (χ0) is 13.8. The number of ketones is 1. The van der Waals surface area contributed by atoms with Gasteiger partial charge < -0.3 is 10.4 Å². The highest BCUT2D eigenvalue weighted by Gasteiger charge is 2.10. The maximum atomic E-state index is 11.9. The van der Waals surface area contributed by atoms with E-state index in [9.17, 15) is 14.7 Å². The largest absolute Gasteiger partial charge is 0.506 e. The van der Waals surface area contributed by atoms with Crippen molar-refractivity contribution in [2.45, 2.75) is 6.92 Å². The van der Waals surface area contributed by atoms with Gasteiger partial charge in [0.25, 0.3) is 5.91 Å². The van der Waals surface area contributed by atoms with Gasteiger partial charge in [0.1, 0.15) is 5.75 Å². The van der Waals surface area contributed by atoms with Crippen LogP contribution in [0.25, 0.3) is 0 Å². The number of carbonyl (C=O) groups is 2. The number of pyridine rings is 1. The molecule has 0 aliphatic heterocycles. The van der Waals surface area contributed by atoms with Crippen molar-refractivity contribution in [3.63, 3.8) is 0 Å². The number of rotatable bonds is 3. The first-order valence-corrected chi connectivity index (χ1v) is 5.63. The summed E-state index contributed by atoms with van der Waals surface area (Å²) in [6.07, 6.45) is 2.99. The Morgan fingerprint density at radius 2 is 2.00 bits per heavy atom. The molecule has 96 valence electrons. The Labute approximate surface area is 109 Å². The fourth-order valence-electron chi connectivity index (χ4n) is 1.55. The number of nitrogens with one attached hydrogen (secondary N) is 1. The molecular weight excluding hydrogens is 244 g/mol. The standard InChI is InChI=1S/C14H12N2O3/c1-9(17)10-4-5-12(13(18)7-10)16-14(19)11-3-2-6-15-8-11/h2-8,18H,1H3,(H,16,19). The van der Waals surface area contributed by atoms with Gasteiger partial charge in [-0.2, -0.15) is 0 Å². The van der Waals surface area contributed by atoms with Gasteiger partial charge >= 0.3 is 0 Å². The minimum atomic E-state index is -0.376. The maximum Gasteiger partial charge on any atom is 0.257 e. The van der Waals surface area contributed by atoms with Gasteiger partial charge in [-0.25, -0.2) is 0 Å². The van der Waals surface area contributed by atoms with Crippen LogP contribution in [0, 0.1) is 0 Å². The first-order chi connectivity index (χ1) is 9.08. The molecule has 1 aromatic heterocycles. The van der Waals surface area contributed by atoms with E-state index in [0.717, 1.165) is 0 Å². The molecule has 1 heterocycles. The number of benzene rings is 1. The quantitative estimate of drug-likeness (QED) is 0.652. The summed E-state index contributed by atoms with van der Waals surface area (Å²) >= 11 is 0. The second kappa shape index (κ2) is 5.30. The summed E-state index contributed by atoms with van der Waals surface area (Å²) in [7, 11) is 0. The molecule has 2 aromatic rings. The third kappa shape index (κ3) is 2.95. The molecule has 0 radical (unpaired) electrons. The summed E-state index contributed by atoms with van der Waals surface area (Å²) in [5, 5.41) is 12.3. The molecule has 1 amide bonds. The predicted molar refractivity (Wildman–Crippen MR) is 70.3 cm³/mol. The van der Waals surface area contributed by atoms with Gasteiger partial charge in [-0.1, -0.05) is 0 Å². The third-order valence-corrected chi connectivity index (χ3v) is 2.58. The lowest BCUT2D eigenvalue weighted by molar-refractivity contribution is 0.101. The van der Waals surface area contributed by atoms with Crippen molar-refractivity contribution in [2.75, 3.05) is 5.32 Å². The number of aromatic hydroxyl groups is 1. The van der Waals surface area contributed by atoms with Crippen molar-refractivity contribution in [2.24, 2.45) is 0 Å². The van der Waals surface area contributed by atoms with E-state index in [1.165, 1.54) is 25.3 Å².